The molecule has 2 aromatic heterocycles. The minimum Gasteiger partial charge on any atom is -0.479 e. The minimum atomic E-state index is -0.568. The molecule has 7 nitrogen and oxygen atoms in total. The zero-order valence-corrected chi connectivity index (χ0v) is 13.0. The number of carbonyl (C=O) groups excluding carboxylic acids is 1. The third-order valence-electron chi connectivity index (χ3n) is 3.20. The van der Waals surface area contributed by atoms with Crippen molar-refractivity contribution < 1.29 is 9.53 Å². The number of fused-ring (bicyclic) bond motifs is 1. The van der Waals surface area contributed by atoms with Crippen molar-refractivity contribution in [2.75, 3.05) is 13.0 Å². The Bertz CT molecular complexity index is 668. The van der Waals surface area contributed by atoms with Crippen LogP contribution in [0.1, 0.15) is 26.1 Å². The summed E-state index contributed by atoms with van der Waals surface area (Å²) in [6.45, 7) is 3.82. The van der Waals surface area contributed by atoms with Gasteiger partial charge in [-0.1, -0.05) is 0 Å². The molecule has 0 aliphatic heterocycles. The Morgan fingerprint density at radius 3 is 2.76 bits per heavy atom. The van der Waals surface area contributed by atoms with Gasteiger partial charge in [0.1, 0.15) is 12.2 Å². The third-order valence-corrected chi connectivity index (χ3v) is 3.39. The molecule has 0 atom stereocenters. The van der Waals surface area contributed by atoms with E-state index in [4.69, 9.17) is 22.1 Å². The van der Waals surface area contributed by atoms with E-state index in [1.54, 1.807) is 0 Å². The summed E-state index contributed by atoms with van der Waals surface area (Å²) in [6.07, 6.45) is 2.12. The predicted molar refractivity (Wildman–Crippen MR) is 79.4 cm³/mol. The summed E-state index contributed by atoms with van der Waals surface area (Å²) in [5.74, 6) is 1.14. The summed E-state index contributed by atoms with van der Waals surface area (Å²) in [6, 6.07) is 0. The fourth-order valence-corrected chi connectivity index (χ4v) is 2.63. The van der Waals surface area contributed by atoms with E-state index >= 15 is 0 Å². The van der Waals surface area contributed by atoms with Crippen molar-refractivity contribution in [2.24, 2.45) is 5.73 Å². The second-order valence-corrected chi connectivity index (χ2v) is 5.69. The number of carbonyl (C=O) groups is 1. The van der Waals surface area contributed by atoms with Crippen LogP contribution in [0.4, 0.5) is 0 Å². The van der Waals surface area contributed by atoms with Crippen LogP contribution in [0.25, 0.3) is 11.2 Å². The van der Waals surface area contributed by atoms with Crippen LogP contribution in [0.2, 0.25) is 0 Å². The quantitative estimate of drug-likeness (QED) is 0.809. The number of rotatable bonds is 6. The largest absolute Gasteiger partial charge is 0.479 e. The van der Waals surface area contributed by atoms with E-state index in [-0.39, 0.29) is 12.3 Å². The standard InChI is InChI=1S/C13H18ClN5O2/c1-13(2,6-8(15)20)19-9(4-5-14)18-10-11(19)16-7-17-12(10)21-3/h7H,4-6H2,1-3H3,(H2,15,20). The number of ether oxygens (including phenoxy) is 1. The molecule has 1 amide bonds. The number of hydrogen-bond acceptors (Lipinski definition) is 5. The molecule has 0 saturated carbocycles. The smallest absolute Gasteiger partial charge is 0.245 e. The van der Waals surface area contributed by atoms with Gasteiger partial charge in [-0.3, -0.25) is 4.79 Å². The average Bonchev–Trinajstić information content (AvgIpc) is 2.76. The molecule has 0 aliphatic rings. The van der Waals surface area contributed by atoms with Gasteiger partial charge in [-0.2, -0.15) is 4.98 Å². The summed E-state index contributed by atoms with van der Waals surface area (Å²) in [5, 5.41) is 0. The summed E-state index contributed by atoms with van der Waals surface area (Å²) < 4.78 is 7.10. The molecule has 114 valence electrons. The van der Waals surface area contributed by atoms with E-state index in [2.05, 4.69) is 15.0 Å². The van der Waals surface area contributed by atoms with Gasteiger partial charge < -0.3 is 15.0 Å². The van der Waals surface area contributed by atoms with Gasteiger partial charge in [-0.25, -0.2) is 9.97 Å². The summed E-state index contributed by atoms with van der Waals surface area (Å²) >= 11 is 5.85. The molecule has 0 fully saturated rings. The Labute approximate surface area is 127 Å². The number of aromatic nitrogens is 4. The van der Waals surface area contributed by atoms with Crippen LogP contribution in [0.15, 0.2) is 6.33 Å². The van der Waals surface area contributed by atoms with Gasteiger partial charge in [0, 0.05) is 18.7 Å². The Morgan fingerprint density at radius 1 is 1.48 bits per heavy atom. The lowest BCUT2D eigenvalue weighted by Crippen LogP contribution is -2.33. The molecule has 0 bridgehead atoms. The molecular weight excluding hydrogens is 294 g/mol. The van der Waals surface area contributed by atoms with Gasteiger partial charge in [0.2, 0.25) is 11.8 Å². The summed E-state index contributed by atoms with van der Waals surface area (Å²) in [7, 11) is 1.52. The van der Waals surface area contributed by atoms with Crippen molar-refractivity contribution in [3.05, 3.63) is 12.2 Å². The van der Waals surface area contributed by atoms with Gasteiger partial charge in [0.15, 0.2) is 11.2 Å². The van der Waals surface area contributed by atoms with Gasteiger partial charge in [-0.15, -0.1) is 11.6 Å². The second-order valence-electron chi connectivity index (χ2n) is 5.31. The first kappa shape index (κ1) is 15.5. The van der Waals surface area contributed by atoms with Crippen molar-refractivity contribution in [1.29, 1.82) is 0 Å². The van der Waals surface area contributed by atoms with Crippen LogP contribution in [0, 0.1) is 0 Å². The maximum Gasteiger partial charge on any atom is 0.245 e. The van der Waals surface area contributed by atoms with E-state index in [1.807, 2.05) is 18.4 Å². The van der Waals surface area contributed by atoms with Crippen molar-refractivity contribution in [3.63, 3.8) is 0 Å². The fourth-order valence-electron chi connectivity index (χ4n) is 2.46. The second kappa shape index (κ2) is 5.85. The number of alkyl halides is 1. The maximum atomic E-state index is 11.3. The van der Waals surface area contributed by atoms with Crippen LogP contribution in [0.5, 0.6) is 5.88 Å². The summed E-state index contributed by atoms with van der Waals surface area (Å²) in [4.78, 5) is 24.2. The molecular formula is C13H18ClN5O2. The van der Waals surface area contributed by atoms with Gasteiger partial charge in [-0.05, 0) is 13.8 Å². The maximum absolute atomic E-state index is 11.3. The normalized spacial score (nSPS) is 11.8. The average molecular weight is 312 g/mol. The van der Waals surface area contributed by atoms with Crippen LogP contribution < -0.4 is 10.5 Å². The zero-order chi connectivity index (χ0) is 15.6. The zero-order valence-electron chi connectivity index (χ0n) is 12.3. The molecule has 2 heterocycles. The Morgan fingerprint density at radius 2 is 2.19 bits per heavy atom. The molecule has 0 spiro atoms. The fraction of sp³-hybridized carbons (Fsp3) is 0.538. The van der Waals surface area contributed by atoms with E-state index in [1.165, 1.54) is 13.4 Å². The number of nitrogens with two attached hydrogens (primary N) is 1. The van der Waals surface area contributed by atoms with Crippen LogP contribution in [-0.2, 0) is 16.8 Å². The number of imidazole rings is 1. The molecule has 21 heavy (non-hydrogen) atoms. The van der Waals surface area contributed by atoms with E-state index in [0.717, 1.165) is 5.82 Å². The first-order valence-corrected chi connectivity index (χ1v) is 7.05. The van der Waals surface area contributed by atoms with Crippen molar-refractivity contribution in [1.82, 2.24) is 19.5 Å². The van der Waals surface area contributed by atoms with Crippen molar-refractivity contribution >= 4 is 28.7 Å². The number of nitrogens with zero attached hydrogens (tertiary/aromatic N) is 4. The van der Waals surface area contributed by atoms with E-state index in [9.17, 15) is 4.79 Å². The van der Waals surface area contributed by atoms with Gasteiger partial charge >= 0.3 is 0 Å². The van der Waals surface area contributed by atoms with Crippen LogP contribution >= 0.6 is 11.6 Å². The highest BCUT2D eigenvalue weighted by Gasteiger charge is 2.29. The molecule has 2 N–H and O–H groups in total. The van der Waals surface area contributed by atoms with Crippen LogP contribution in [0.3, 0.4) is 0 Å². The lowest BCUT2D eigenvalue weighted by Gasteiger charge is -2.27. The molecule has 0 aromatic carbocycles. The highest BCUT2D eigenvalue weighted by molar-refractivity contribution is 6.17. The molecule has 8 heteroatoms. The number of methoxy groups -OCH3 is 1. The SMILES string of the molecule is COc1ncnc2c1nc(CCCl)n2C(C)(C)CC(N)=O. The number of amides is 1. The number of hydrogen-bond donors (Lipinski definition) is 1. The van der Waals surface area contributed by atoms with Crippen molar-refractivity contribution in [3.8, 4) is 5.88 Å². The lowest BCUT2D eigenvalue weighted by atomic mass is 9.99. The molecule has 2 aromatic rings. The monoisotopic (exact) mass is 311 g/mol. The molecule has 0 unspecified atom stereocenters. The Hall–Kier alpha value is -1.89. The highest BCUT2D eigenvalue weighted by atomic mass is 35.5. The summed E-state index contributed by atoms with van der Waals surface area (Å²) in [5.41, 5.74) is 5.94. The third kappa shape index (κ3) is 2.92. The Kier molecular flexibility index (Phi) is 4.32. The Balaban J connectivity index is 2.69. The predicted octanol–water partition coefficient (Wildman–Crippen LogP) is 1.23. The number of halogens is 1. The molecule has 2 rings (SSSR count). The first-order valence-electron chi connectivity index (χ1n) is 6.51. The first-order chi connectivity index (χ1) is 9.90. The van der Waals surface area contributed by atoms with E-state index < -0.39 is 5.54 Å². The molecule has 0 saturated heterocycles. The van der Waals surface area contributed by atoms with E-state index in [0.29, 0.717) is 29.3 Å². The molecule has 0 radical (unpaired) electrons. The van der Waals surface area contributed by atoms with Crippen LogP contribution in [-0.4, -0.2) is 38.4 Å². The molecule has 0 aliphatic carbocycles. The number of aryl methyl sites for hydroxylation is 1. The number of primary amides is 1. The van der Waals surface area contributed by atoms with Gasteiger partial charge in [0.05, 0.1) is 12.6 Å². The minimum absolute atomic E-state index is 0.167. The lowest BCUT2D eigenvalue weighted by molar-refractivity contribution is -0.119. The van der Waals surface area contributed by atoms with Crippen molar-refractivity contribution in [2.45, 2.75) is 32.2 Å². The highest BCUT2D eigenvalue weighted by Crippen LogP contribution is 2.30. The topological polar surface area (TPSA) is 95.9 Å². The van der Waals surface area contributed by atoms with Gasteiger partial charge in [0.25, 0.3) is 0 Å².